The fraction of sp³-hybridized carbons (Fsp3) is 0.533. The summed E-state index contributed by atoms with van der Waals surface area (Å²) in [6.45, 7) is -0.590. The number of amidine groups is 1. The summed E-state index contributed by atoms with van der Waals surface area (Å²) in [6.07, 6.45) is -2.63. The summed E-state index contributed by atoms with van der Waals surface area (Å²) in [5.74, 6) is -5.41. The molecule has 1 fully saturated rings. The topological polar surface area (TPSA) is 56.8 Å². The highest BCUT2D eigenvalue weighted by molar-refractivity contribution is 5.73. The van der Waals surface area contributed by atoms with Crippen molar-refractivity contribution in [2.24, 2.45) is 16.6 Å². The van der Waals surface area contributed by atoms with Gasteiger partial charge >= 0.3 is 5.92 Å². The molecule has 4 nitrogen and oxygen atoms in total. The van der Waals surface area contributed by atoms with Crippen molar-refractivity contribution in [3.63, 3.8) is 0 Å². The molecule has 0 spiro atoms. The number of nitrogens with zero attached hydrogens (tertiary/aromatic N) is 1. The molecule has 126 valence electrons. The highest BCUT2D eigenvalue weighted by atomic mass is 19.3. The molecule has 0 bridgehead atoms. The fourth-order valence-corrected chi connectivity index (χ4v) is 3.42. The Bertz CT molecular complexity index is 640. The molecule has 0 unspecified atom stereocenters. The van der Waals surface area contributed by atoms with Gasteiger partial charge in [-0.1, -0.05) is 18.2 Å². The molecule has 2 aliphatic rings. The Kier molecular flexibility index (Phi) is 3.74. The molecule has 1 aromatic carbocycles. The van der Waals surface area contributed by atoms with E-state index in [1.165, 1.54) is 25.1 Å². The SMILES string of the molecule is C[C@]1(c2ccccc2F)N=C(N)O[C@@H]2CO[C@@H](C(F)(F)CF)[C@@H]21. The lowest BCUT2D eigenvalue weighted by molar-refractivity contribution is -0.148. The Balaban J connectivity index is 2.13. The fourth-order valence-electron chi connectivity index (χ4n) is 3.42. The van der Waals surface area contributed by atoms with Crippen LogP contribution in [0.25, 0.3) is 0 Å². The third-order valence-corrected chi connectivity index (χ3v) is 4.44. The highest BCUT2D eigenvalue weighted by Crippen LogP contribution is 2.49. The molecule has 0 saturated carbocycles. The van der Waals surface area contributed by atoms with Crippen molar-refractivity contribution in [3.05, 3.63) is 35.6 Å². The molecule has 8 heteroatoms. The zero-order valence-electron chi connectivity index (χ0n) is 12.3. The molecular weight excluding hydrogens is 316 g/mol. The molecule has 0 amide bonds. The van der Waals surface area contributed by atoms with Gasteiger partial charge in [0.2, 0.25) is 0 Å². The Labute approximate surface area is 130 Å². The van der Waals surface area contributed by atoms with Crippen molar-refractivity contribution >= 4 is 6.02 Å². The minimum absolute atomic E-state index is 0.0893. The van der Waals surface area contributed by atoms with Crippen LogP contribution in [0.2, 0.25) is 0 Å². The van der Waals surface area contributed by atoms with E-state index in [2.05, 4.69) is 4.99 Å². The van der Waals surface area contributed by atoms with E-state index in [1.54, 1.807) is 6.07 Å². The van der Waals surface area contributed by atoms with Crippen LogP contribution >= 0.6 is 0 Å². The Hall–Kier alpha value is -1.83. The van der Waals surface area contributed by atoms with Gasteiger partial charge in [0, 0.05) is 5.56 Å². The van der Waals surface area contributed by atoms with Crippen molar-refractivity contribution in [2.75, 3.05) is 13.3 Å². The quantitative estimate of drug-likeness (QED) is 0.865. The second kappa shape index (κ2) is 5.36. The highest BCUT2D eigenvalue weighted by Gasteiger charge is 2.61. The summed E-state index contributed by atoms with van der Waals surface area (Å²) < 4.78 is 65.3. The van der Waals surface area contributed by atoms with E-state index in [1.807, 2.05) is 0 Å². The summed E-state index contributed by atoms with van der Waals surface area (Å²) >= 11 is 0. The van der Waals surface area contributed by atoms with Crippen LogP contribution in [-0.2, 0) is 15.0 Å². The molecular formula is C15H16F4N2O2. The van der Waals surface area contributed by atoms with Crippen LogP contribution in [-0.4, -0.2) is 37.4 Å². The first-order valence-electron chi connectivity index (χ1n) is 7.12. The van der Waals surface area contributed by atoms with Crippen LogP contribution < -0.4 is 5.73 Å². The van der Waals surface area contributed by atoms with Gasteiger partial charge in [-0.25, -0.2) is 22.6 Å². The number of benzene rings is 1. The molecule has 2 aliphatic heterocycles. The van der Waals surface area contributed by atoms with Gasteiger partial charge in [0.25, 0.3) is 6.02 Å². The van der Waals surface area contributed by atoms with Crippen LogP contribution in [0, 0.1) is 11.7 Å². The lowest BCUT2D eigenvalue weighted by Gasteiger charge is -2.42. The number of ether oxygens (including phenoxy) is 2. The molecule has 4 atom stereocenters. The monoisotopic (exact) mass is 332 g/mol. The van der Waals surface area contributed by atoms with Gasteiger partial charge in [0.1, 0.15) is 23.6 Å². The van der Waals surface area contributed by atoms with Gasteiger partial charge in [-0.05, 0) is 13.0 Å². The van der Waals surface area contributed by atoms with Crippen LogP contribution in [0.15, 0.2) is 29.3 Å². The largest absolute Gasteiger partial charge is 0.459 e. The molecule has 0 aliphatic carbocycles. The van der Waals surface area contributed by atoms with Crippen LogP contribution in [0.3, 0.4) is 0 Å². The average molecular weight is 332 g/mol. The number of rotatable bonds is 3. The van der Waals surface area contributed by atoms with Crippen LogP contribution in [0.5, 0.6) is 0 Å². The number of aliphatic imine (C=N–C) groups is 1. The van der Waals surface area contributed by atoms with E-state index in [9.17, 15) is 17.6 Å². The van der Waals surface area contributed by atoms with Gasteiger partial charge in [-0.15, -0.1) is 0 Å². The molecule has 2 heterocycles. The summed E-state index contributed by atoms with van der Waals surface area (Å²) in [4.78, 5) is 4.08. The Morgan fingerprint density at radius 3 is 2.74 bits per heavy atom. The van der Waals surface area contributed by atoms with Gasteiger partial charge < -0.3 is 15.2 Å². The maximum Gasteiger partial charge on any atom is 0.301 e. The number of nitrogens with two attached hydrogens (primary N) is 1. The van der Waals surface area contributed by atoms with Crippen LogP contribution in [0.4, 0.5) is 17.6 Å². The first-order chi connectivity index (χ1) is 10.8. The third kappa shape index (κ3) is 2.45. The number of fused-ring (bicyclic) bond motifs is 1. The summed E-state index contributed by atoms with van der Waals surface area (Å²) in [5.41, 5.74) is 4.27. The third-order valence-electron chi connectivity index (χ3n) is 4.44. The minimum atomic E-state index is -3.73. The Morgan fingerprint density at radius 2 is 2.09 bits per heavy atom. The predicted molar refractivity (Wildman–Crippen MR) is 74.4 cm³/mol. The molecule has 2 N–H and O–H groups in total. The summed E-state index contributed by atoms with van der Waals surface area (Å²) in [5, 5.41) is 0. The van der Waals surface area contributed by atoms with Crippen molar-refractivity contribution in [1.29, 1.82) is 0 Å². The van der Waals surface area contributed by atoms with E-state index < -0.39 is 42.1 Å². The average Bonchev–Trinajstić information content (AvgIpc) is 2.92. The van der Waals surface area contributed by atoms with Crippen molar-refractivity contribution in [1.82, 2.24) is 0 Å². The predicted octanol–water partition coefficient (Wildman–Crippen LogP) is 2.37. The van der Waals surface area contributed by atoms with Gasteiger partial charge in [-0.3, -0.25) is 0 Å². The summed E-state index contributed by atoms with van der Waals surface area (Å²) in [6, 6.07) is 5.46. The first kappa shape index (κ1) is 16.0. The van der Waals surface area contributed by atoms with E-state index in [0.29, 0.717) is 0 Å². The molecule has 1 saturated heterocycles. The minimum Gasteiger partial charge on any atom is -0.459 e. The number of hydrogen-bond acceptors (Lipinski definition) is 4. The molecule has 23 heavy (non-hydrogen) atoms. The maximum atomic E-state index is 14.3. The zero-order valence-corrected chi connectivity index (χ0v) is 12.3. The standard InChI is InChI=1S/C15H16F4N2O2/c1-14(8-4-2-3-5-9(8)17)11-10(23-13(20)21-14)6-22-12(11)15(18,19)7-16/h2-5,10-12H,6-7H2,1H3,(H2,20,21)/t10-,11-,12-,14-/m1/s1. The maximum absolute atomic E-state index is 14.3. The first-order valence-corrected chi connectivity index (χ1v) is 7.12. The van der Waals surface area contributed by atoms with E-state index in [-0.39, 0.29) is 18.2 Å². The lowest BCUT2D eigenvalue weighted by Crippen LogP contribution is -2.54. The normalized spacial score (nSPS) is 33.8. The van der Waals surface area contributed by atoms with E-state index >= 15 is 0 Å². The molecule has 1 aromatic rings. The smallest absolute Gasteiger partial charge is 0.301 e. The second-order valence-electron chi connectivity index (χ2n) is 5.91. The summed E-state index contributed by atoms with van der Waals surface area (Å²) in [7, 11) is 0. The molecule has 0 radical (unpaired) electrons. The van der Waals surface area contributed by atoms with Gasteiger partial charge in [0.15, 0.2) is 6.67 Å². The molecule has 0 aromatic heterocycles. The van der Waals surface area contributed by atoms with E-state index in [4.69, 9.17) is 15.2 Å². The lowest BCUT2D eigenvalue weighted by atomic mass is 9.73. The second-order valence-corrected chi connectivity index (χ2v) is 5.91. The van der Waals surface area contributed by atoms with Crippen molar-refractivity contribution in [3.8, 4) is 0 Å². The zero-order chi connectivity index (χ0) is 16.8. The van der Waals surface area contributed by atoms with Gasteiger partial charge in [-0.2, -0.15) is 0 Å². The van der Waals surface area contributed by atoms with Crippen molar-refractivity contribution < 1.29 is 27.0 Å². The van der Waals surface area contributed by atoms with E-state index in [0.717, 1.165) is 0 Å². The number of hydrogen-bond donors (Lipinski definition) is 1. The molecule has 3 rings (SSSR count). The van der Waals surface area contributed by atoms with Gasteiger partial charge in [0.05, 0.1) is 12.5 Å². The number of halogens is 4. The van der Waals surface area contributed by atoms with Crippen molar-refractivity contribution in [2.45, 2.75) is 30.6 Å². The number of alkyl halides is 3. The van der Waals surface area contributed by atoms with Crippen LogP contribution in [0.1, 0.15) is 12.5 Å². The Morgan fingerprint density at radius 1 is 1.39 bits per heavy atom.